The summed E-state index contributed by atoms with van der Waals surface area (Å²) in [6.07, 6.45) is 3.44. The second-order valence-electron chi connectivity index (χ2n) is 5.45. The molecule has 4 nitrogen and oxygen atoms in total. The summed E-state index contributed by atoms with van der Waals surface area (Å²) in [5.74, 6) is 0.821. The summed E-state index contributed by atoms with van der Waals surface area (Å²) in [5, 5.41) is 0. The molecule has 1 aromatic carbocycles. The first-order valence-electron chi connectivity index (χ1n) is 7.69. The van der Waals surface area contributed by atoms with Gasteiger partial charge in [-0.15, -0.1) is 0 Å². The van der Waals surface area contributed by atoms with E-state index in [1.165, 1.54) is 5.56 Å². The summed E-state index contributed by atoms with van der Waals surface area (Å²) in [5.41, 5.74) is 1.95. The molecule has 0 aliphatic carbocycles. The highest BCUT2D eigenvalue weighted by Gasteiger charge is 2.28. The van der Waals surface area contributed by atoms with Crippen molar-refractivity contribution in [2.75, 3.05) is 26.0 Å². The molecular weight excluding hydrogens is 298 g/mol. The number of hydrogen-bond acceptors (Lipinski definition) is 4. The summed E-state index contributed by atoms with van der Waals surface area (Å²) in [4.78, 5) is 26.0. The van der Waals surface area contributed by atoms with Crippen LogP contribution in [0, 0.1) is 5.92 Å². The number of carbonyl (C=O) groups excluding carboxylic acids is 2. The Morgan fingerprint density at radius 3 is 2.41 bits per heavy atom. The number of rotatable bonds is 5. The van der Waals surface area contributed by atoms with E-state index in [4.69, 9.17) is 4.74 Å². The van der Waals surface area contributed by atoms with Crippen molar-refractivity contribution in [3.8, 4) is 0 Å². The molecule has 1 fully saturated rings. The molecular formula is C17H23NO3S. The normalized spacial score (nSPS) is 15.6. The minimum absolute atomic E-state index is 0.0537. The second kappa shape index (κ2) is 8.22. The van der Waals surface area contributed by atoms with Gasteiger partial charge < -0.3 is 9.64 Å². The minimum atomic E-state index is -0.129. The van der Waals surface area contributed by atoms with Gasteiger partial charge >= 0.3 is 5.97 Å². The monoisotopic (exact) mass is 321 g/mol. The van der Waals surface area contributed by atoms with Crippen LogP contribution in [-0.2, 0) is 15.3 Å². The van der Waals surface area contributed by atoms with Crippen LogP contribution in [-0.4, -0.2) is 42.7 Å². The molecule has 1 aliphatic rings. The topological polar surface area (TPSA) is 46.6 Å². The van der Waals surface area contributed by atoms with Gasteiger partial charge in [0.05, 0.1) is 12.5 Å². The van der Waals surface area contributed by atoms with Gasteiger partial charge in [0.1, 0.15) is 0 Å². The summed E-state index contributed by atoms with van der Waals surface area (Å²) in [6, 6.07) is 7.81. The largest absolute Gasteiger partial charge is 0.466 e. The molecule has 0 spiro atoms. The molecule has 1 heterocycles. The molecule has 0 saturated carbocycles. The minimum Gasteiger partial charge on any atom is -0.466 e. The molecule has 0 radical (unpaired) electrons. The van der Waals surface area contributed by atoms with Crippen molar-refractivity contribution in [2.24, 2.45) is 5.92 Å². The van der Waals surface area contributed by atoms with Crippen molar-refractivity contribution in [1.29, 1.82) is 0 Å². The molecule has 1 aromatic rings. The number of amides is 1. The molecule has 1 amide bonds. The Morgan fingerprint density at radius 1 is 1.23 bits per heavy atom. The highest BCUT2D eigenvalue weighted by Crippen LogP contribution is 2.21. The van der Waals surface area contributed by atoms with Gasteiger partial charge in [0.2, 0.25) is 0 Å². The molecule has 22 heavy (non-hydrogen) atoms. The van der Waals surface area contributed by atoms with E-state index >= 15 is 0 Å². The number of carbonyl (C=O) groups is 2. The van der Waals surface area contributed by atoms with Crippen molar-refractivity contribution in [1.82, 2.24) is 4.90 Å². The van der Waals surface area contributed by atoms with Crippen LogP contribution < -0.4 is 0 Å². The first kappa shape index (κ1) is 16.9. The Bertz CT molecular complexity index is 507. The highest BCUT2D eigenvalue weighted by molar-refractivity contribution is 7.97. The van der Waals surface area contributed by atoms with Crippen molar-refractivity contribution in [3.05, 3.63) is 35.4 Å². The van der Waals surface area contributed by atoms with Crippen molar-refractivity contribution in [3.63, 3.8) is 0 Å². The molecule has 1 aliphatic heterocycles. The van der Waals surface area contributed by atoms with Crippen molar-refractivity contribution < 1.29 is 14.3 Å². The molecule has 0 atom stereocenters. The lowest BCUT2D eigenvalue weighted by molar-refractivity contribution is -0.149. The average Bonchev–Trinajstić information content (AvgIpc) is 2.55. The van der Waals surface area contributed by atoms with Gasteiger partial charge in [-0.05, 0) is 43.7 Å². The Balaban J connectivity index is 1.90. The Hall–Kier alpha value is -1.49. The van der Waals surface area contributed by atoms with E-state index in [9.17, 15) is 9.59 Å². The number of likely N-dealkylation sites (tertiary alicyclic amines) is 1. The van der Waals surface area contributed by atoms with E-state index in [2.05, 4.69) is 6.26 Å². The fourth-order valence-electron chi connectivity index (χ4n) is 2.67. The van der Waals surface area contributed by atoms with Crippen LogP contribution in [0.2, 0.25) is 0 Å². The average molecular weight is 321 g/mol. The van der Waals surface area contributed by atoms with Crippen LogP contribution in [0.1, 0.15) is 35.7 Å². The van der Waals surface area contributed by atoms with Gasteiger partial charge in [0.25, 0.3) is 5.91 Å². The quantitative estimate of drug-likeness (QED) is 0.782. The molecule has 0 aromatic heterocycles. The van der Waals surface area contributed by atoms with Crippen LogP contribution >= 0.6 is 11.8 Å². The summed E-state index contributed by atoms with van der Waals surface area (Å²) in [6.45, 7) is 3.47. The van der Waals surface area contributed by atoms with E-state index < -0.39 is 0 Å². The third kappa shape index (κ3) is 4.26. The number of thioether (sulfide) groups is 1. The molecule has 1 saturated heterocycles. The van der Waals surface area contributed by atoms with Crippen LogP contribution in [0.3, 0.4) is 0 Å². The molecule has 0 N–H and O–H groups in total. The third-order valence-corrected chi connectivity index (χ3v) is 4.54. The van der Waals surface area contributed by atoms with Gasteiger partial charge in [-0.2, -0.15) is 11.8 Å². The zero-order chi connectivity index (χ0) is 15.9. The molecule has 5 heteroatoms. The van der Waals surface area contributed by atoms with Gasteiger partial charge in [-0.25, -0.2) is 0 Å². The van der Waals surface area contributed by atoms with Gasteiger partial charge in [-0.1, -0.05) is 12.1 Å². The number of piperidine rings is 1. The zero-order valence-corrected chi connectivity index (χ0v) is 14.0. The number of esters is 1. The number of ether oxygens (including phenoxy) is 1. The predicted molar refractivity (Wildman–Crippen MR) is 88.9 cm³/mol. The first-order chi connectivity index (χ1) is 10.7. The Labute approximate surface area is 136 Å². The van der Waals surface area contributed by atoms with E-state index in [1.807, 2.05) is 36.1 Å². The van der Waals surface area contributed by atoms with Crippen LogP contribution in [0.15, 0.2) is 24.3 Å². The fourth-order valence-corrected chi connectivity index (χ4v) is 3.20. The number of nitrogens with zero attached hydrogens (tertiary/aromatic N) is 1. The SMILES string of the molecule is CCOC(=O)C1CCN(C(=O)c2ccc(CSC)cc2)CC1. The summed E-state index contributed by atoms with van der Waals surface area (Å²) < 4.78 is 5.05. The first-order valence-corrected chi connectivity index (χ1v) is 9.09. The van der Waals surface area contributed by atoms with Crippen molar-refractivity contribution >= 4 is 23.6 Å². The van der Waals surface area contributed by atoms with Crippen LogP contribution in [0.4, 0.5) is 0 Å². The van der Waals surface area contributed by atoms with E-state index in [1.54, 1.807) is 11.8 Å². The lowest BCUT2D eigenvalue weighted by Gasteiger charge is -2.31. The Kier molecular flexibility index (Phi) is 6.31. The maximum Gasteiger partial charge on any atom is 0.309 e. The van der Waals surface area contributed by atoms with E-state index in [0.717, 1.165) is 11.3 Å². The summed E-state index contributed by atoms with van der Waals surface area (Å²) >= 11 is 1.76. The Morgan fingerprint density at radius 2 is 1.86 bits per heavy atom. The van der Waals surface area contributed by atoms with Crippen molar-refractivity contribution in [2.45, 2.75) is 25.5 Å². The van der Waals surface area contributed by atoms with E-state index in [-0.39, 0.29) is 17.8 Å². The smallest absolute Gasteiger partial charge is 0.309 e. The lowest BCUT2D eigenvalue weighted by atomic mass is 9.96. The lowest BCUT2D eigenvalue weighted by Crippen LogP contribution is -2.40. The maximum absolute atomic E-state index is 12.5. The maximum atomic E-state index is 12.5. The number of benzene rings is 1. The predicted octanol–water partition coefficient (Wildman–Crippen LogP) is 2.96. The van der Waals surface area contributed by atoms with E-state index in [0.29, 0.717) is 32.5 Å². The molecule has 2 rings (SSSR count). The second-order valence-corrected chi connectivity index (χ2v) is 6.31. The highest BCUT2D eigenvalue weighted by atomic mass is 32.2. The standard InChI is InChI=1S/C17H23NO3S/c1-3-21-17(20)15-8-10-18(11-9-15)16(19)14-6-4-13(5-7-14)12-22-2/h4-7,15H,3,8-12H2,1-2H3. The van der Waals surface area contributed by atoms with Gasteiger partial charge in [-0.3, -0.25) is 9.59 Å². The summed E-state index contributed by atoms with van der Waals surface area (Å²) in [7, 11) is 0. The third-order valence-electron chi connectivity index (χ3n) is 3.91. The fraction of sp³-hybridized carbons (Fsp3) is 0.529. The van der Waals surface area contributed by atoms with Gasteiger partial charge in [0.15, 0.2) is 0 Å². The molecule has 120 valence electrons. The van der Waals surface area contributed by atoms with Gasteiger partial charge in [0, 0.05) is 24.4 Å². The van der Waals surface area contributed by atoms with Crippen LogP contribution in [0.5, 0.6) is 0 Å². The molecule has 0 unspecified atom stereocenters. The molecule has 0 bridgehead atoms. The van der Waals surface area contributed by atoms with Crippen LogP contribution in [0.25, 0.3) is 0 Å². The number of hydrogen-bond donors (Lipinski definition) is 0. The zero-order valence-electron chi connectivity index (χ0n) is 13.2.